The van der Waals surface area contributed by atoms with E-state index in [0.29, 0.717) is 0 Å². The van der Waals surface area contributed by atoms with Gasteiger partial charge in [0, 0.05) is 0 Å². The lowest BCUT2D eigenvalue weighted by atomic mass is 9.84. The zero-order chi connectivity index (χ0) is 10.2. The van der Waals surface area contributed by atoms with Gasteiger partial charge >= 0.3 is 0 Å². The topological polar surface area (TPSA) is 0 Å². The quantitative estimate of drug-likeness (QED) is 0.549. The first kappa shape index (κ1) is 12.1. The Hall–Kier alpha value is 0. The van der Waals surface area contributed by atoms with E-state index in [4.69, 9.17) is 0 Å². The van der Waals surface area contributed by atoms with Crippen molar-refractivity contribution < 1.29 is 0 Å². The number of rotatable bonds is 6. The van der Waals surface area contributed by atoms with Gasteiger partial charge in [-0.25, -0.2) is 0 Å². The first-order chi connectivity index (χ1) is 6.83. The van der Waals surface area contributed by atoms with Crippen LogP contribution in [0.15, 0.2) is 0 Å². The Balaban J connectivity index is 2.00. The summed E-state index contributed by atoms with van der Waals surface area (Å²) in [6, 6.07) is 0. The highest BCUT2D eigenvalue weighted by Crippen LogP contribution is 2.29. The molecule has 1 fully saturated rings. The monoisotopic (exact) mass is 196 g/mol. The molecular weight excluding hydrogens is 168 g/mol. The molecule has 0 radical (unpaired) electrons. The van der Waals surface area contributed by atoms with Crippen molar-refractivity contribution in [2.24, 2.45) is 11.8 Å². The van der Waals surface area contributed by atoms with Crippen LogP contribution in [-0.4, -0.2) is 0 Å². The van der Waals surface area contributed by atoms with Gasteiger partial charge in [0.15, 0.2) is 0 Å². The van der Waals surface area contributed by atoms with Crippen molar-refractivity contribution in [3.63, 3.8) is 0 Å². The summed E-state index contributed by atoms with van der Waals surface area (Å²) in [5, 5.41) is 0. The van der Waals surface area contributed by atoms with Crippen molar-refractivity contribution in [3.8, 4) is 0 Å². The molecule has 0 spiro atoms. The molecule has 14 heavy (non-hydrogen) atoms. The Bertz CT molecular complexity index is 122. The fourth-order valence-electron chi connectivity index (χ4n) is 2.69. The van der Waals surface area contributed by atoms with Crippen molar-refractivity contribution in [3.05, 3.63) is 0 Å². The maximum absolute atomic E-state index is 2.44. The van der Waals surface area contributed by atoms with Crippen LogP contribution < -0.4 is 0 Å². The first-order valence-corrected chi connectivity index (χ1v) is 6.83. The van der Waals surface area contributed by atoms with Gasteiger partial charge in [0.25, 0.3) is 0 Å². The third-order valence-electron chi connectivity index (χ3n) is 3.84. The Morgan fingerprint density at radius 3 is 2.43 bits per heavy atom. The van der Waals surface area contributed by atoms with Crippen LogP contribution in [0.25, 0.3) is 0 Å². The second kappa shape index (κ2) is 7.31. The van der Waals surface area contributed by atoms with Crippen molar-refractivity contribution in [2.45, 2.75) is 78.1 Å². The van der Waals surface area contributed by atoms with Crippen LogP contribution >= 0.6 is 0 Å². The van der Waals surface area contributed by atoms with Gasteiger partial charge in [0.1, 0.15) is 0 Å². The lowest BCUT2D eigenvalue weighted by molar-refractivity contribution is 0.307. The molecule has 0 aromatic heterocycles. The zero-order valence-corrected chi connectivity index (χ0v) is 10.2. The zero-order valence-electron chi connectivity index (χ0n) is 10.2. The van der Waals surface area contributed by atoms with Gasteiger partial charge in [-0.05, 0) is 11.8 Å². The SMILES string of the molecule is CCCCC(C)CCC1CCCCC1. The van der Waals surface area contributed by atoms with Crippen LogP contribution in [0.4, 0.5) is 0 Å². The molecule has 0 amide bonds. The van der Waals surface area contributed by atoms with E-state index >= 15 is 0 Å². The van der Waals surface area contributed by atoms with E-state index in [9.17, 15) is 0 Å². The van der Waals surface area contributed by atoms with Gasteiger partial charge in [-0.15, -0.1) is 0 Å². The molecule has 84 valence electrons. The van der Waals surface area contributed by atoms with Crippen molar-refractivity contribution >= 4 is 0 Å². The van der Waals surface area contributed by atoms with Crippen LogP contribution in [0.1, 0.15) is 78.1 Å². The van der Waals surface area contributed by atoms with E-state index in [1.807, 2.05) is 0 Å². The van der Waals surface area contributed by atoms with E-state index in [2.05, 4.69) is 13.8 Å². The van der Waals surface area contributed by atoms with Crippen LogP contribution in [-0.2, 0) is 0 Å². The van der Waals surface area contributed by atoms with E-state index in [0.717, 1.165) is 11.8 Å². The fraction of sp³-hybridized carbons (Fsp3) is 1.00. The Morgan fingerprint density at radius 2 is 1.79 bits per heavy atom. The highest BCUT2D eigenvalue weighted by Gasteiger charge is 2.14. The second-order valence-corrected chi connectivity index (χ2v) is 5.33. The molecule has 1 aliphatic rings. The van der Waals surface area contributed by atoms with Crippen LogP contribution in [0, 0.1) is 11.8 Å². The standard InChI is InChI=1S/C14H28/c1-3-4-8-13(2)11-12-14-9-6-5-7-10-14/h13-14H,3-12H2,1-2H3. The van der Waals surface area contributed by atoms with Crippen molar-refractivity contribution in [2.75, 3.05) is 0 Å². The van der Waals surface area contributed by atoms with Crippen molar-refractivity contribution in [1.82, 2.24) is 0 Å². The molecule has 0 heteroatoms. The van der Waals surface area contributed by atoms with Gasteiger partial charge in [0.05, 0.1) is 0 Å². The van der Waals surface area contributed by atoms with Crippen LogP contribution in [0.3, 0.4) is 0 Å². The lowest BCUT2D eigenvalue weighted by Gasteiger charge is -2.22. The Kier molecular flexibility index (Phi) is 6.31. The molecule has 1 rings (SSSR count). The van der Waals surface area contributed by atoms with E-state index in [1.54, 1.807) is 0 Å². The Morgan fingerprint density at radius 1 is 1.07 bits per heavy atom. The van der Waals surface area contributed by atoms with Gasteiger partial charge < -0.3 is 0 Å². The first-order valence-electron chi connectivity index (χ1n) is 6.83. The van der Waals surface area contributed by atoms with E-state index in [-0.39, 0.29) is 0 Å². The molecule has 1 saturated carbocycles. The predicted molar refractivity (Wildman–Crippen MR) is 64.5 cm³/mol. The third-order valence-corrected chi connectivity index (χ3v) is 3.84. The summed E-state index contributed by atoms with van der Waals surface area (Å²) in [6.07, 6.45) is 14.9. The predicted octanol–water partition coefficient (Wildman–Crippen LogP) is 5.17. The molecule has 1 atom stereocenters. The summed E-state index contributed by atoms with van der Waals surface area (Å²) in [4.78, 5) is 0. The van der Waals surface area contributed by atoms with Crippen LogP contribution in [0.5, 0.6) is 0 Å². The minimum absolute atomic E-state index is 0.983. The largest absolute Gasteiger partial charge is 0.0654 e. The summed E-state index contributed by atoms with van der Waals surface area (Å²) < 4.78 is 0. The summed E-state index contributed by atoms with van der Waals surface area (Å²) in [6.45, 7) is 4.74. The van der Waals surface area contributed by atoms with Crippen LogP contribution in [0.2, 0.25) is 0 Å². The summed E-state index contributed by atoms with van der Waals surface area (Å²) in [5.74, 6) is 2.07. The number of hydrogen-bond donors (Lipinski definition) is 0. The molecule has 0 nitrogen and oxygen atoms in total. The molecular formula is C14H28. The molecule has 0 saturated heterocycles. The summed E-state index contributed by atoms with van der Waals surface area (Å²) in [7, 11) is 0. The highest BCUT2D eigenvalue weighted by atomic mass is 14.2. The average molecular weight is 196 g/mol. The maximum Gasteiger partial charge on any atom is -0.0414 e. The third kappa shape index (κ3) is 5.02. The molecule has 1 aliphatic carbocycles. The van der Waals surface area contributed by atoms with Gasteiger partial charge in [-0.3, -0.25) is 0 Å². The summed E-state index contributed by atoms with van der Waals surface area (Å²) in [5.41, 5.74) is 0. The number of unbranched alkanes of at least 4 members (excludes halogenated alkanes) is 1. The molecule has 1 unspecified atom stereocenters. The lowest BCUT2D eigenvalue weighted by Crippen LogP contribution is -2.08. The maximum atomic E-state index is 2.44. The minimum atomic E-state index is 0.983. The Labute approximate surface area is 90.5 Å². The second-order valence-electron chi connectivity index (χ2n) is 5.33. The van der Waals surface area contributed by atoms with E-state index < -0.39 is 0 Å². The minimum Gasteiger partial charge on any atom is -0.0654 e. The van der Waals surface area contributed by atoms with Gasteiger partial charge in [-0.2, -0.15) is 0 Å². The molecule has 0 aromatic rings. The van der Waals surface area contributed by atoms with Crippen molar-refractivity contribution in [1.29, 1.82) is 0 Å². The smallest absolute Gasteiger partial charge is 0.0414 e. The fourth-order valence-corrected chi connectivity index (χ4v) is 2.69. The normalized spacial score (nSPS) is 21.0. The molecule has 0 aliphatic heterocycles. The molecule has 0 bridgehead atoms. The highest BCUT2D eigenvalue weighted by molar-refractivity contribution is 4.67. The molecule has 0 heterocycles. The molecule has 0 aromatic carbocycles. The molecule has 0 N–H and O–H groups in total. The van der Waals surface area contributed by atoms with Gasteiger partial charge in [0.2, 0.25) is 0 Å². The van der Waals surface area contributed by atoms with Gasteiger partial charge in [-0.1, -0.05) is 78.1 Å². The van der Waals surface area contributed by atoms with E-state index in [1.165, 1.54) is 64.2 Å². The average Bonchev–Trinajstić information content (AvgIpc) is 2.25. The number of hydrogen-bond acceptors (Lipinski definition) is 0. The summed E-state index contributed by atoms with van der Waals surface area (Å²) >= 11 is 0.